The lowest BCUT2D eigenvalue weighted by Gasteiger charge is -2.16. The van der Waals surface area contributed by atoms with E-state index < -0.39 is 0 Å². The summed E-state index contributed by atoms with van der Waals surface area (Å²) in [6, 6.07) is 5.90. The van der Waals surface area contributed by atoms with E-state index in [1.807, 2.05) is 0 Å². The molecule has 1 aromatic heterocycles. The molecule has 5 nitrogen and oxygen atoms in total. The average Bonchev–Trinajstić information content (AvgIpc) is 2.90. The van der Waals surface area contributed by atoms with Crippen molar-refractivity contribution in [1.82, 2.24) is 20.2 Å². The Morgan fingerprint density at radius 1 is 1.30 bits per heavy atom. The average molecular weight is 272 g/mol. The van der Waals surface area contributed by atoms with Gasteiger partial charge in [-0.1, -0.05) is 12.1 Å². The van der Waals surface area contributed by atoms with Gasteiger partial charge in [-0.25, -0.2) is 19.2 Å². The van der Waals surface area contributed by atoms with E-state index in [4.69, 9.17) is 0 Å². The Kier molecular flexibility index (Phi) is 3.28. The number of benzene rings is 1. The Morgan fingerprint density at radius 2 is 2.10 bits per heavy atom. The first-order chi connectivity index (χ1) is 9.72. The van der Waals surface area contributed by atoms with Crippen LogP contribution in [0, 0.1) is 5.82 Å². The minimum atomic E-state index is -0.284. The van der Waals surface area contributed by atoms with E-state index in [0.717, 1.165) is 16.8 Å². The molecule has 20 heavy (non-hydrogen) atoms. The van der Waals surface area contributed by atoms with Gasteiger partial charge in [-0.2, -0.15) is 0 Å². The SMILES string of the molecule is O=C(NCc1ccc(F)cc1)N1Cc2cncnc2C1. The van der Waals surface area contributed by atoms with E-state index in [1.54, 1.807) is 23.2 Å². The molecule has 1 N–H and O–H groups in total. The van der Waals surface area contributed by atoms with E-state index in [9.17, 15) is 9.18 Å². The third kappa shape index (κ3) is 2.59. The molecule has 0 atom stereocenters. The highest BCUT2D eigenvalue weighted by Crippen LogP contribution is 2.19. The number of urea groups is 1. The summed E-state index contributed by atoms with van der Waals surface area (Å²) >= 11 is 0. The zero-order valence-corrected chi connectivity index (χ0v) is 10.7. The zero-order chi connectivity index (χ0) is 13.9. The number of carbonyl (C=O) groups is 1. The molecule has 0 aliphatic carbocycles. The number of fused-ring (bicyclic) bond motifs is 1. The van der Waals surface area contributed by atoms with Crippen molar-refractivity contribution in [3.63, 3.8) is 0 Å². The van der Waals surface area contributed by atoms with Gasteiger partial charge in [-0.15, -0.1) is 0 Å². The molecule has 3 rings (SSSR count). The van der Waals surface area contributed by atoms with Gasteiger partial charge in [0.2, 0.25) is 0 Å². The number of amides is 2. The van der Waals surface area contributed by atoms with E-state index in [1.165, 1.54) is 18.5 Å². The number of carbonyl (C=O) groups excluding carboxylic acids is 1. The molecule has 2 heterocycles. The minimum Gasteiger partial charge on any atom is -0.334 e. The fourth-order valence-electron chi connectivity index (χ4n) is 2.14. The highest BCUT2D eigenvalue weighted by atomic mass is 19.1. The van der Waals surface area contributed by atoms with Crippen LogP contribution in [0.25, 0.3) is 0 Å². The summed E-state index contributed by atoms with van der Waals surface area (Å²) in [4.78, 5) is 21.8. The summed E-state index contributed by atoms with van der Waals surface area (Å²) in [5.41, 5.74) is 2.72. The van der Waals surface area contributed by atoms with Gasteiger partial charge in [0, 0.05) is 18.3 Å². The topological polar surface area (TPSA) is 58.1 Å². The fraction of sp³-hybridized carbons (Fsp3) is 0.214. The standard InChI is InChI=1S/C14H13FN4O/c15-12-3-1-10(2-4-12)5-17-14(20)19-7-11-6-16-9-18-13(11)8-19/h1-4,6,9H,5,7-8H2,(H,17,20). The molecule has 1 aliphatic rings. The quantitative estimate of drug-likeness (QED) is 0.907. The van der Waals surface area contributed by atoms with Crippen molar-refractivity contribution in [1.29, 1.82) is 0 Å². The Balaban J connectivity index is 1.57. The molecule has 0 bridgehead atoms. The van der Waals surface area contributed by atoms with Crippen molar-refractivity contribution < 1.29 is 9.18 Å². The highest BCUT2D eigenvalue weighted by Gasteiger charge is 2.23. The van der Waals surface area contributed by atoms with Crippen molar-refractivity contribution in [2.45, 2.75) is 19.6 Å². The van der Waals surface area contributed by atoms with Crippen LogP contribution in [0.5, 0.6) is 0 Å². The first kappa shape index (κ1) is 12.5. The Hall–Kier alpha value is -2.50. The summed E-state index contributed by atoms with van der Waals surface area (Å²) < 4.78 is 12.8. The largest absolute Gasteiger partial charge is 0.334 e. The normalized spacial score (nSPS) is 13.2. The first-order valence-electron chi connectivity index (χ1n) is 6.27. The van der Waals surface area contributed by atoms with E-state index in [0.29, 0.717) is 19.6 Å². The van der Waals surface area contributed by atoms with Crippen molar-refractivity contribution in [3.8, 4) is 0 Å². The molecule has 0 saturated carbocycles. The molecular formula is C14H13FN4O. The minimum absolute atomic E-state index is 0.160. The molecule has 2 amide bonds. The molecule has 0 radical (unpaired) electrons. The van der Waals surface area contributed by atoms with Crippen LogP contribution >= 0.6 is 0 Å². The molecule has 6 heteroatoms. The molecule has 102 valence electrons. The lowest BCUT2D eigenvalue weighted by molar-refractivity contribution is 0.197. The summed E-state index contributed by atoms with van der Waals surface area (Å²) in [6.45, 7) is 1.39. The van der Waals surface area contributed by atoms with Gasteiger partial charge in [-0.3, -0.25) is 0 Å². The fourth-order valence-corrected chi connectivity index (χ4v) is 2.14. The maximum atomic E-state index is 12.8. The van der Waals surface area contributed by atoms with E-state index >= 15 is 0 Å². The Morgan fingerprint density at radius 3 is 2.85 bits per heavy atom. The third-order valence-corrected chi connectivity index (χ3v) is 3.23. The maximum absolute atomic E-state index is 12.8. The van der Waals surface area contributed by atoms with Crippen LogP contribution in [-0.2, 0) is 19.6 Å². The summed E-state index contributed by atoms with van der Waals surface area (Å²) in [6.07, 6.45) is 3.22. The number of nitrogens with zero attached hydrogens (tertiary/aromatic N) is 3. The number of aromatic nitrogens is 2. The van der Waals surface area contributed by atoms with E-state index in [-0.39, 0.29) is 11.8 Å². The van der Waals surface area contributed by atoms with Gasteiger partial charge >= 0.3 is 6.03 Å². The van der Waals surface area contributed by atoms with Gasteiger partial charge in [0.25, 0.3) is 0 Å². The molecule has 0 saturated heterocycles. The summed E-state index contributed by atoms with van der Waals surface area (Å²) in [5, 5.41) is 2.81. The second-order valence-corrected chi connectivity index (χ2v) is 4.64. The molecule has 0 spiro atoms. The van der Waals surface area contributed by atoms with Crippen molar-refractivity contribution in [2.75, 3.05) is 0 Å². The third-order valence-electron chi connectivity index (χ3n) is 3.23. The lowest BCUT2D eigenvalue weighted by Crippen LogP contribution is -2.36. The summed E-state index contributed by atoms with van der Waals surface area (Å²) in [5.74, 6) is -0.284. The van der Waals surface area contributed by atoms with Crippen molar-refractivity contribution in [2.24, 2.45) is 0 Å². The molecule has 1 aromatic carbocycles. The summed E-state index contributed by atoms with van der Waals surface area (Å²) in [7, 11) is 0. The van der Waals surface area contributed by atoms with Crippen LogP contribution in [0.1, 0.15) is 16.8 Å². The second kappa shape index (κ2) is 5.24. The van der Waals surface area contributed by atoms with Crippen LogP contribution in [0.15, 0.2) is 36.8 Å². The van der Waals surface area contributed by atoms with Gasteiger partial charge in [0.15, 0.2) is 0 Å². The van der Waals surface area contributed by atoms with E-state index in [2.05, 4.69) is 15.3 Å². The molecule has 0 fully saturated rings. The molecular weight excluding hydrogens is 259 g/mol. The molecule has 0 unspecified atom stereocenters. The van der Waals surface area contributed by atoms with Crippen LogP contribution in [0.3, 0.4) is 0 Å². The number of halogens is 1. The van der Waals surface area contributed by atoms with Crippen LogP contribution < -0.4 is 5.32 Å². The number of rotatable bonds is 2. The van der Waals surface area contributed by atoms with Crippen LogP contribution in [0.2, 0.25) is 0 Å². The van der Waals surface area contributed by atoms with Crippen LogP contribution in [0.4, 0.5) is 9.18 Å². The molecule has 2 aromatic rings. The predicted molar refractivity (Wildman–Crippen MR) is 69.9 cm³/mol. The monoisotopic (exact) mass is 272 g/mol. The highest BCUT2D eigenvalue weighted by molar-refractivity contribution is 5.74. The Labute approximate surface area is 115 Å². The maximum Gasteiger partial charge on any atom is 0.318 e. The van der Waals surface area contributed by atoms with Crippen LogP contribution in [-0.4, -0.2) is 20.9 Å². The smallest absolute Gasteiger partial charge is 0.318 e. The number of nitrogens with one attached hydrogen (secondary N) is 1. The van der Waals surface area contributed by atoms with Crippen molar-refractivity contribution in [3.05, 3.63) is 59.4 Å². The lowest BCUT2D eigenvalue weighted by atomic mass is 10.2. The van der Waals surface area contributed by atoms with Gasteiger partial charge in [0.1, 0.15) is 12.1 Å². The van der Waals surface area contributed by atoms with Gasteiger partial charge in [-0.05, 0) is 17.7 Å². The molecule has 1 aliphatic heterocycles. The van der Waals surface area contributed by atoms with Gasteiger partial charge < -0.3 is 10.2 Å². The van der Waals surface area contributed by atoms with Gasteiger partial charge in [0.05, 0.1) is 18.8 Å². The predicted octanol–water partition coefficient (Wildman–Crippen LogP) is 1.84. The first-order valence-corrected chi connectivity index (χ1v) is 6.27. The number of hydrogen-bond acceptors (Lipinski definition) is 3. The zero-order valence-electron chi connectivity index (χ0n) is 10.7. The second-order valence-electron chi connectivity index (χ2n) is 4.64. The van der Waals surface area contributed by atoms with Crippen molar-refractivity contribution >= 4 is 6.03 Å². The number of hydrogen-bond donors (Lipinski definition) is 1. The Bertz CT molecular complexity index is 604.